The Morgan fingerprint density at radius 2 is 1.95 bits per heavy atom. The zero-order chi connectivity index (χ0) is 15.2. The van der Waals surface area contributed by atoms with Gasteiger partial charge in [0.2, 0.25) is 0 Å². The number of nitrogens with zero attached hydrogens (tertiary/aromatic N) is 1. The number of benzene rings is 2. The third-order valence-corrected chi connectivity index (χ3v) is 3.89. The first-order chi connectivity index (χ1) is 10.1. The zero-order valence-electron chi connectivity index (χ0n) is 11.8. The van der Waals surface area contributed by atoms with Crippen LogP contribution in [0.5, 0.6) is 0 Å². The highest BCUT2D eigenvalue weighted by Crippen LogP contribution is 2.23. The van der Waals surface area contributed by atoms with Crippen LogP contribution in [0.3, 0.4) is 0 Å². The number of rotatable bonds is 6. The Bertz CT molecular complexity index is 644. The Labute approximate surface area is 132 Å². The average molecular weight is 349 g/mol. The van der Waals surface area contributed by atoms with Gasteiger partial charge in [-0.3, -0.25) is 10.1 Å². The summed E-state index contributed by atoms with van der Waals surface area (Å²) in [4.78, 5) is 10.7. The van der Waals surface area contributed by atoms with Gasteiger partial charge < -0.3 is 5.32 Å². The van der Waals surface area contributed by atoms with E-state index in [1.807, 2.05) is 18.2 Å². The van der Waals surface area contributed by atoms with Gasteiger partial charge in [-0.1, -0.05) is 40.2 Å². The van der Waals surface area contributed by atoms with Gasteiger partial charge in [-0.2, -0.15) is 0 Å². The maximum absolute atomic E-state index is 11.0. The van der Waals surface area contributed by atoms with Crippen molar-refractivity contribution >= 4 is 21.6 Å². The fraction of sp³-hybridized carbons (Fsp3) is 0.250. The highest BCUT2D eigenvalue weighted by atomic mass is 79.9. The standard InChI is InChI=1S/C16H17BrN2O2/c1-12-4-2-3-5-13(12)8-9-18-11-14-6-7-15(17)10-16(14)19(20)21/h2-7,10,18H,8-9,11H2,1H3. The van der Waals surface area contributed by atoms with E-state index >= 15 is 0 Å². The molecular weight excluding hydrogens is 332 g/mol. The molecule has 0 saturated heterocycles. The Morgan fingerprint density at radius 1 is 1.19 bits per heavy atom. The van der Waals surface area contributed by atoms with Crippen molar-refractivity contribution in [2.45, 2.75) is 19.9 Å². The van der Waals surface area contributed by atoms with Crippen LogP contribution in [0.15, 0.2) is 46.9 Å². The molecule has 0 fully saturated rings. The average Bonchev–Trinajstić information content (AvgIpc) is 2.46. The summed E-state index contributed by atoms with van der Waals surface area (Å²) in [7, 11) is 0. The van der Waals surface area contributed by atoms with Gasteiger partial charge in [0, 0.05) is 22.6 Å². The molecule has 4 nitrogen and oxygen atoms in total. The second kappa shape index (κ2) is 7.33. The lowest BCUT2D eigenvalue weighted by Crippen LogP contribution is -2.17. The summed E-state index contributed by atoms with van der Waals surface area (Å²) in [5.41, 5.74) is 3.42. The van der Waals surface area contributed by atoms with E-state index in [1.165, 1.54) is 11.1 Å². The molecule has 0 aliphatic carbocycles. The Hall–Kier alpha value is -1.72. The lowest BCUT2D eigenvalue weighted by atomic mass is 10.1. The smallest absolute Gasteiger partial charge is 0.275 e. The first-order valence-corrected chi connectivity index (χ1v) is 7.55. The van der Waals surface area contributed by atoms with Crippen LogP contribution in [-0.2, 0) is 13.0 Å². The van der Waals surface area contributed by atoms with E-state index in [1.54, 1.807) is 12.1 Å². The van der Waals surface area contributed by atoms with Crippen molar-refractivity contribution in [1.29, 1.82) is 0 Å². The van der Waals surface area contributed by atoms with E-state index in [-0.39, 0.29) is 10.6 Å². The molecule has 2 aromatic rings. The van der Waals surface area contributed by atoms with Crippen LogP contribution in [0.2, 0.25) is 0 Å². The van der Waals surface area contributed by atoms with Gasteiger partial charge in [0.05, 0.1) is 4.92 Å². The van der Waals surface area contributed by atoms with Gasteiger partial charge >= 0.3 is 0 Å². The van der Waals surface area contributed by atoms with Crippen LogP contribution in [0.4, 0.5) is 5.69 Å². The molecule has 0 amide bonds. The Morgan fingerprint density at radius 3 is 2.67 bits per heavy atom. The first kappa shape index (κ1) is 15.7. The summed E-state index contributed by atoms with van der Waals surface area (Å²) in [5.74, 6) is 0. The summed E-state index contributed by atoms with van der Waals surface area (Å²) < 4.78 is 0.720. The molecule has 1 N–H and O–H groups in total. The van der Waals surface area contributed by atoms with Gasteiger partial charge in [-0.15, -0.1) is 0 Å². The number of aryl methyl sites for hydroxylation is 1. The van der Waals surface area contributed by atoms with Crippen molar-refractivity contribution in [2.24, 2.45) is 0 Å². The Balaban J connectivity index is 1.92. The third-order valence-electron chi connectivity index (χ3n) is 3.39. The highest BCUT2D eigenvalue weighted by molar-refractivity contribution is 9.10. The van der Waals surface area contributed by atoms with Crippen molar-refractivity contribution in [2.75, 3.05) is 6.54 Å². The lowest BCUT2D eigenvalue weighted by Gasteiger charge is -2.08. The third kappa shape index (κ3) is 4.37. The van der Waals surface area contributed by atoms with E-state index in [0.717, 1.165) is 17.4 Å². The highest BCUT2D eigenvalue weighted by Gasteiger charge is 2.13. The number of nitro groups is 1. The quantitative estimate of drug-likeness (QED) is 0.487. The van der Waals surface area contributed by atoms with Crippen molar-refractivity contribution in [1.82, 2.24) is 5.32 Å². The molecule has 0 aliphatic heterocycles. The molecule has 2 aromatic carbocycles. The van der Waals surface area contributed by atoms with Crippen molar-refractivity contribution in [3.63, 3.8) is 0 Å². The summed E-state index contributed by atoms with van der Waals surface area (Å²) in [6.45, 7) is 3.38. The minimum atomic E-state index is -0.344. The molecule has 5 heteroatoms. The maximum atomic E-state index is 11.0. The monoisotopic (exact) mass is 348 g/mol. The molecule has 0 aromatic heterocycles. The van der Waals surface area contributed by atoms with Gasteiger partial charge in [0.15, 0.2) is 0 Å². The number of halogens is 1. The Kier molecular flexibility index (Phi) is 5.47. The molecule has 21 heavy (non-hydrogen) atoms. The number of nitrogens with one attached hydrogen (secondary N) is 1. The lowest BCUT2D eigenvalue weighted by molar-refractivity contribution is -0.385. The predicted molar refractivity (Wildman–Crippen MR) is 87.4 cm³/mol. The summed E-state index contributed by atoms with van der Waals surface area (Å²) in [5, 5.41) is 14.3. The second-order valence-electron chi connectivity index (χ2n) is 4.88. The molecular formula is C16H17BrN2O2. The van der Waals surface area contributed by atoms with Crippen molar-refractivity contribution in [3.8, 4) is 0 Å². The van der Waals surface area contributed by atoms with Crippen LogP contribution >= 0.6 is 15.9 Å². The molecule has 0 heterocycles. The molecule has 0 atom stereocenters. The summed E-state index contributed by atoms with van der Waals surface area (Å²) in [6.07, 6.45) is 0.914. The number of hydrogen-bond acceptors (Lipinski definition) is 3. The van der Waals surface area contributed by atoms with Crippen molar-refractivity contribution < 1.29 is 4.92 Å². The van der Waals surface area contributed by atoms with Gasteiger partial charge in [0.1, 0.15) is 0 Å². The summed E-state index contributed by atoms with van der Waals surface area (Å²) >= 11 is 3.26. The second-order valence-corrected chi connectivity index (χ2v) is 5.80. The normalized spacial score (nSPS) is 10.6. The largest absolute Gasteiger partial charge is 0.312 e. The van der Waals surface area contributed by atoms with E-state index in [0.29, 0.717) is 12.1 Å². The van der Waals surface area contributed by atoms with Crippen LogP contribution in [-0.4, -0.2) is 11.5 Å². The predicted octanol–water partition coefficient (Wildman–Crippen LogP) is 4.00. The van der Waals surface area contributed by atoms with E-state index < -0.39 is 0 Å². The van der Waals surface area contributed by atoms with Gasteiger partial charge in [0.25, 0.3) is 5.69 Å². The molecule has 0 bridgehead atoms. The maximum Gasteiger partial charge on any atom is 0.275 e. The fourth-order valence-corrected chi connectivity index (χ4v) is 2.54. The van der Waals surface area contributed by atoms with Crippen LogP contribution in [0, 0.1) is 17.0 Å². The van der Waals surface area contributed by atoms with Crippen LogP contribution in [0.1, 0.15) is 16.7 Å². The van der Waals surface area contributed by atoms with Gasteiger partial charge in [-0.05, 0) is 43.1 Å². The number of hydrogen-bond donors (Lipinski definition) is 1. The zero-order valence-corrected chi connectivity index (χ0v) is 13.4. The van der Waals surface area contributed by atoms with E-state index in [2.05, 4.69) is 40.3 Å². The number of nitro benzene ring substituents is 1. The first-order valence-electron chi connectivity index (χ1n) is 6.76. The molecule has 0 spiro atoms. The summed E-state index contributed by atoms with van der Waals surface area (Å²) in [6, 6.07) is 13.4. The minimum absolute atomic E-state index is 0.146. The van der Waals surface area contributed by atoms with E-state index in [4.69, 9.17) is 0 Å². The molecule has 2 rings (SSSR count). The van der Waals surface area contributed by atoms with Crippen molar-refractivity contribution in [3.05, 3.63) is 73.7 Å². The fourth-order valence-electron chi connectivity index (χ4n) is 2.19. The minimum Gasteiger partial charge on any atom is -0.312 e. The molecule has 0 unspecified atom stereocenters. The molecule has 0 saturated carbocycles. The topological polar surface area (TPSA) is 55.2 Å². The SMILES string of the molecule is Cc1ccccc1CCNCc1ccc(Br)cc1[N+](=O)[O-]. The van der Waals surface area contributed by atoms with Gasteiger partial charge in [-0.25, -0.2) is 0 Å². The molecule has 110 valence electrons. The van der Waals surface area contributed by atoms with E-state index in [9.17, 15) is 10.1 Å². The van der Waals surface area contributed by atoms with Crippen LogP contribution < -0.4 is 5.32 Å². The van der Waals surface area contributed by atoms with Crippen LogP contribution in [0.25, 0.3) is 0 Å². The molecule has 0 aliphatic rings. The molecule has 0 radical (unpaired) electrons.